The highest BCUT2D eigenvalue weighted by molar-refractivity contribution is 5.28. The molecule has 0 radical (unpaired) electrons. The molecule has 2 heterocycles. The highest BCUT2D eigenvalue weighted by atomic mass is 16.5. The number of hydrogen-bond acceptors (Lipinski definition) is 7. The lowest BCUT2D eigenvalue weighted by atomic mass is 9.90. The predicted molar refractivity (Wildman–Crippen MR) is 76.4 cm³/mol. The molecule has 1 aliphatic carbocycles. The van der Waals surface area contributed by atoms with Gasteiger partial charge in [0.2, 0.25) is 5.95 Å². The highest BCUT2D eigenvalue weighted by Crippen LogP contribution is 2.24. The lowest BCUT2D eigenvalue weighted by Gasteiger charge is -2.21. The Bertz CT molecular complexity index is 566. The molecule has 8 heteroatoms. The summed E-state index contributed by atoms with van der Waals surface area (Å²) in [6.45, 7) is 0.657. The Kier molecular flexibility index (Phi) is 4.23. The van der Waals surface area contributed by atoms with Gasteiger partial charge in [-0.3, -0.25) is 0 Å². The number of ether oxygens (including phenoxy) is 1. The first-order valence-corrected chi connectivity index (χ1v) is 7.27. The second-order valence-corrected chi connectivity index (χ2v) is 5.15. The lowest BCUT2D eigenvalue weighted by molar-refractivity contribution is 0.196. The van der Waals surface area contributed by atoms with Crippen molar-refractivity contribution in [3.63, 3.8) is 0 Å². The van der Waals surface area contributed by atoms with E-state index in [0.717, 1.165) is 0 Å². The molecule has 0 bridgehead atoms. The molecule has 1 fully saturated rings. The first-order valence-electron chi connectivity index (χ1n) is 7.27. The van der Waals surface area contributed by atoms with Crippen LogP contribution in [0.5, 0.6) is 6.01 Å². The summed E-state index contributed by atoms with van der Waals surface area (Å²) in [6, 6.07) is 0.324. The van der Waals surface area contributed by atoms with Gasteiger partial charge in [0.05, 0.1) is 6.61 Å². The van der Waals surface area contributed by atoms with E-state index in [-0.39, 0.29) is 0 Å². The van der Waals surface area contributed by atoms with Gasteiger partial charge in [-0.1, -0.05) is 19.3 Å². The lowest BCUT2D eigenvalue weighted by Crippen LogP contribution is -2.17. The van der Waals surface area contributed by atoms with Crippen LogP contribution in [-0.2, 0) is 0 Å². The molecule has 112 valence electrons. The van der Waals surface area contributed by atoms with Crippen molar-refractivity contribution in [2.24, 2.45) is 5.92 Å². The molecule has 0 atom stereocenters. The monoisotopic (exact) mass is 289 g/mol. The zero-order valence-corrected chi connectivity index (χ0v) is 12.1. The first kappa shape index (κ1) is 13.7. The molecule has 0 unspecified atom stereocenters. The minimum Gasteiger partial charge on any atom is -0.463 e. The van der Waals surface area contributed by atoms with E-state index in [1.807, 2.05) is 0 Å². The maximum Gasteiger partial charge on any atom is 0.323 e. The average Bonchev–Trinajstić information content (AvgIpc) is 3.08. The van der Waals surface area contributed by atoms with Crippen LogP contribution in [0.3, 0.4) is 0 Å². The summed E-state index contributed by atoms with van der Waals surface area (Å²) >= 11 is 0. The van der Waals surface area contributed by atoms with E-state index < -0.39 is 0 Å². The Hall–Kier alpha value is -2.25. The molecule has 1 saturated carbocycles. The molecule has 0 spiro atoms. The van der Waals surface area contributed by atoms with Crippen molar-refractivity contribution >= 4 is 5.95 Å². The predicted octanol–water partition coefficient (Wildman–Crippen LogP) is 1.45. The van der Waals surface area contributed by atoms with Gasteiger partial charge in [0.1, 0.15) is 12.7 Å². The van der Waals surface area contributed by atoms with Gasteiger partial charge in [-0.2, -0.15) is 24.7 Å². The third kappa shape index (κ3) is 3.45. The van der Waals surface area contributed by atoms with Gasteiger partial charge in [-0.05, 0) is 18.8 Å². The molecule has 8 nitrogen and oxygen atoms in total. The normalized spacial score (nSPS) is 15.9. The zero-order valence-electron chi connectivity index (χ0n) is 12.1. The molecule has 2 aromatic rings. The van der Waals surface area contributed by atoms with E-state index in [2.05, 4.69) is 30.4 Å². The third-order valence-electron chi connectivity index (χ3n) is 3.62. The molecule has 0 amide bonds. The van der Waals surface area contributed by atoms with Crippen molar-refractivity contribution in [3.05, 3.63) is 12.7 Å². The maximum atomic E-state index is 5.76. The number of nitrogens with one attached hydrogen (secondary N) is 1. The van der Waals surface area contributed by atoms with Crippen LogP contribution in [0.4, 0.5) is 5.95 Å². The second-order valence-electron chi connectivity index (χ2n) is 5.15. The van der Waals surface area contributed by atoms with Crippen LogP contribution >= 0.6 is 0 Å². The van der Waals surface area contributed by atoms with E-state index in [1.165, 1.54) is 43.1 Å². The molecular formula is C13H19N7O. The Morgan fingerprint density at radius 2 is 2.10 bits per heavy atom. The minimum absolute atomic E-state index is 0.324. The number of rotatable bonds is 5. The molecule has 3 rings (SSSR count). The molecule has 2 aromatic heterocycles. The topological polar surface area (TPSA) is 90.6 Å². The van der Waals surface area contributed by atoms with Crippen LogP contribution in [0, 0.1) is 5.92 Å². The van der Waals surface area contributed by atoms with Crippen molar-refractivity contribution in [1.29, 1.82) is 0 Å². The van der Waals surface area contributed by atoms with E-state index >= 15 is 0 Å². The Labute approximate surface area is 123 Å². The van der Waals surface area contributed by atoms with Crippen LogP contribution in [0.2, 0.25) is 0 Å². The summed E-state index contributed by atoms with van der Waals surface area (Å²) < 4.78 is 7.25. The Morgan fingerprint density at radius 1 is 1.24 bits per heavy atom. The molecule has 1 N–H and O–H groups in total. The number of aromatic nitrogens is 6. The van der Waals surface area contributed by atoms with Gasteiger partial charge in [0.15, 0.2) is 0 Å². The van der Waals surface area contributed by atoms with E-state index in [1.54, 1.807) is 13.4 Å². The fourth-order valence-electron chi connectivity index (χ4n) is 2.48. The average molecular weight is 289 g/mol. The van der Waals surface area contributed by atoms with Crippen molar-refractivity contribution < 1.29 is 4.74 Å². The largest absolute Gasteiger partial charge is 0.463 e. The molecule has 0 aromatic carbocycles. The molecule has 21 heavy (non-hydrogen) atoms. The minimum atomic E-state index is 0.324. The quantitative estimate of drug-likeness (QED) is 0.890. The fourth-order valence-corrected chi connectivity index (χ4v) is 2.48. The van der Waals surface area contributed by atoms with Gasteiger partial charge in [-0.25, -0.2) is 4.98 Å². The fraction of sp³-hybridized carbons (Fsp3) is 0.615. The smallest absolute Gasteiger partial charge is 0.323 e. The van der Waals surface area contributed by atoms with Crippen molar-refractivity contribution in [2.45, 2.75) is 32.1 Å². The van der Waals surface area contributed by atoms with Crippen LogP contribution in [0.25, 0.3) is 5.95 Å². The van der Waals surface area contributed by atoms with Crippen LogP contribution in [-0.4, -0.2) is 43.4 Å². The van der Waals surface area contributed by atoms with Crippen LogP contribution < -0.4 is 10.1 Å². The zero-order chi connectivity index (χ0) is 14.5. The second kappa shape index (κ2) is 6.47. The van der Waals surface area contributed by atoms with Gasteiger partial charge < -0.3 is 10.1 Å². The Balaban J connectivity index is 1.73. The van der Waals surface area contributed by atoms with Crippen molar-refractivity contribution in [3.8, 4) is 12.0 Å². The van der Waals surface area contributed by atoms with Crippen LogP contribution in [0.1, 0.15) is 32.1 Å². The number of nitrogens with zero attached hydrogens (tertiary/aromatic N) is 6. The van der Waals surface area contributed by atoms with Crippen LogP contribution in [0.15, 0.2) is 12.7 Å². The highest BCUT2D eigenvalue weighted by Gasteiger charge is 2.16. The summed E-state index contributed by atoms with van der Waals surface area (Å²) in [5.74, 6) is 1.45. The van der Waals surface area contributed by atoms with Crippen molar-refractivity contribution in [1.82, 2.24) is 29.7 Å². The van der Waals surface area contributed by atoms with Gasteiger partial charge in [-0.15, -0.1) is 0 Å². The SMILES string of the molecule is CNc1nc(OCC2CCCCC2)nc(-n2cncn2)n1. The Morgan fingerprint density at radius 3 is 2.81 bits per heavy atom. The van der Waals surface area contributed by atoms with Crippen molar-refractivity contribution in [2.75, 3.05) is 19.0 Å². The molecule has 1 aliphatic rings. The van der Waals surface area contributed by atoms with E-state index in [4.69, 9.17) is 4.74 Å². The summed E-state index contributed by atoms with van der Waals surface area (Å²) in [5.41, 5.74) is 0. The van der Waals surface area contributed by atoms with E-state index in [9.17, 15) is 0 Å². The number of hydrogen-bond donors (Lipinski definition) is 1. The summed E-state index contributed by atoms with van der Waals surface area (Å²) in [5, 5.41) is 6.93. The van der Waals surface area contributed by atoms with E-state index in [0.29, 0.717) is 30.4 Å². The summed E-state index contributed by atoms with van der Waals surface area (Å²) in [6.07, 6.45) is 9.34. The maximum absolute atomic E-state index is 5.76. The van der Waals surface area contributed by atoms with Gasteiger partial charge in [0.25, 0.3) is 5.95 Å². The molecular weight excluding hydrogens is 270 g/mol. The summed E-state index contributed by atoms with van der Waals surface area (Å²) in [4.78, 5) is 16.6. The van der Waals surface area contributed by atoms with Gasteiger partial charge >= 0.3 is 6.01 Å². The standard InChI is InChI=1S/C13H19N7O/c1-14-11-17-12(20-9-15-8-16-20)19-13(18-11)21-7-10-5-3-2-4-6-10/h8-10H,2-7H2,1H3,(H,14,17,18,19). The molecule has 0 saturated heterocycles. The van der Waals surface area contributed by atoms with Gasteiger partial charge in [0, 0.05) is 7.05 Å². The third-order valence-corrected chi connectivity index (χ3v) is 3.62. The summed E-state index contributed by atoms with van der Waals surface area (Å²) in [7, 11) is 1.76. The first-order chi connectivity index (χ1) is 10.3. The number of anilines is 1. The molecule has 0 aliphatic heterocycles.